The van der Waals surface area contributed by atoms with E-state index in [1.807, 2.05) is 47.7 Å². The van der Waals surface area contributed by atoms with Crippen molar-refractivity contribution in [3.8, 4) is 11.3 Å². The Morgan fingerprint density at radius 2 is 1.61 bits per heavy atom. The first-order valence-electron chi connectivity index (χ1n) is 7.72. The van der Waals surface area contributed by atoms with Crippen LogP contribution in [0.15, 0.2) is 65.6 Å². The van der Waals surface area contributed by atoms with E-state index in [-0.39, 0.29) is 0 Å². The molecule has 0 amide bonds. The van der Waals surface area contributed by atoms with Crippen LogP contribution < -0.4 is 5.14 Å². The van der Waals surface area contributed by atoms with Crippen LogP contribution in [0.25, 0.3) is 11.3 Å². The molecule has 3 aromatic rings. The lowest BCUT2D eigenvalue weighted by molar-refractivity contribution is 1.08. The van der Waals surface area contributed by atoms with Crippen molar-refractivity contribution in [1.29, 1.82) is 0 Å². The zero-order valence-electron chi connectivity index (χ0n) is 13.1. The van der Waals surface area contributed by atoms with Crippen LogP contribution in [-0.4, -0.2) is 4.98 Å². The van der Waals surface area contributed by atoms with Gasteiger partial charge in [-0.15, -0.1) is 11.3 Å². The predicted molar refractivity (Wildman–Crippen MR) is 101 cm³/mol. The summed E-state index contributed by atoms with van der Waals surface area (Å²) in [5.41, 5.74) is 2.43. The van der Waals surface area contributed by atoms with Gasteiger partial charge in [-0.2, -0.15) is 0 Å². The molecule has 2 nitrogen and oxygen atoms in total. The highest BCUT2D eigenvalue weighted by Gasteiger charge is 2.27. The molecule has 1 saturated carbocycles. The quantitative estimate of drug-likeness (QED) is 0.626. The Bertz CT molecular complexity index is 735. The van der Waals surface area contributed by atoms with Crippen molar-refractivity contribution in [3.05, 3.63) is 70.5 Å². The van der Waals surface area contributed by atoms with Crippen LogP contribution in [0.4, 0.5) is 0 Å². The highest BCUT2D eigenvalue weighted by Crippen LogP contribution is 2.43. The maximum atomic E-state index is 5.27. The summed E-state index contributed by atoms with van der Waals surface area (Å²) >= 11 is 3.14. The van der Waals surface area contributed by atoms with Gasteiger partial charge in [-0.05, 0) is 43.8 Å². The van der Waals surface area contributed by atoms with Crippen molar-refractivity contribution >= 4 is 23.3 Å². The minimum Gasteiger partial charge on any atom is -0.274 e. The number of aryl methyl sites for hydroxylation is 1. The molecule has 0 aliphatic heterocycles. The highest BCUT2D eigenvalue weighted by atomic mass is 32.2. The second-order valence-electron chi connectivity index (χ2n) is 5.53. The Kier molecular flexibility index (Phi) is 5.49. The molecule has 1 heterocycles. The molecule has 0 saturated heterocycles. The van der Waals surface area contributed by atoms with Crippen LogP contribution in [0.3, 0.4) is 0 Å². The number of nitrogens with two attached hydrogens (primary N) is 1. The van der Waals surface area contributed by atoms with E-state index in [1.165, 1.54) is 45.9 Å². The summed E-state index contributed by atoms with van der Waals surface area (Å²) in [4.78, 5) is 7.21. The predicted octanol–water partition coefficient (Wildman–Crippen LogP) is 5.65. The van der Waals surface area contributed by atoms with Crippen molar-refractivity contribution < 1.29 is 0 Å². The van der Waals surface area contributed by atoms with Gasteiger partial charge in [0.1, 0.15) is 0 Å². The lowest BCUT2D eigenvalue weighted by atomic mass is 10.1. The zero-order valence-corrected chi connectivity index (χ0v) is 14.7. The third-order valence-electron chi connectivity index (χ3n) is 3.67. The Hall–Kier alpha value is -1.62. The third-order valence-corrected chi connectivity index (χ3v) is 5.34. The van der Waals surface area contributed by atoms with Crippen LogP contribution in [0, 0.1) is 6.92 Å². The SMILES string of the molecule is Cc1sc(C2CC2)nc1-c1ccccc1.NSc1ccccc1. The molecule has 23 heavy (non-hydrogen) atoms. The second-order valence-corrected chi connectivity index (χ2v) is 7.47. The largest absolute Gasteiger partial charge is 0.274 e. The van der Waals surface area contributed by atoms with E-state index >= 15 is 0 Å². The van der Waals surface area contributed by atoms with Gasteiger partial charge in [0.05, 0.1) is 10.7 Å². The van der Waals surface area contributed by atoms with E-state index in [0.717, 1.165) is 10.8 Å². The van der Waals surface area contributed by atoms with E-state index < -0.39 is 0 Å². The van der Waals surface area contributed by atoms with Gasteiger partial charge in [0.2, 0.25) is 0 Å². The Morgan fingerprint density at radius 3 is 2.13 bits per heavy atom. The van der Waals surface area contributed by atoms with Gasteiger partial charge in [0.25, 0.3) is 0 Å². The molecule has 0 spiro atoms. The topological polar surface area (TPSA) is 38.9 Å². The lowest BCUT2D eigenvalue weighted by Crippen LogP contribution is -1.81. The van der Waals surface area contributed by atoms with E-state index in [2.05, 4.69) is 31.2 Å². The number of rotatable bonds is 3. The maximum absolute atomic E-state index is 5.27. The van der Waals surface area contributed by atoms with Gasteiger partial charge >= 0.3 is 0 Å². The average molecular weight is 341 g/mol. The molecule has 1 fully saturated rings. The maximum Gasteiger partial charge on any atom is 0.0966 e. The van der Waals surface area contributed by atoms with Crippen LogP contribution in [-0.2, 0) is 0 Å². The third kappa shape index (κ3) is 4.44. The van der Waals surface area contributed by atoms with Gasteiger partial charge < -0.3 is 0 Å². The average Bonchev–Trinajstić information content (AvgIpc) is 3.39. The summed E-state index contributed by atoms with van der Waals surface area (Å²) in [7, 11) is 0. The zero-order chi connectivity index (χ0) is 16.1. The fourth-order valence-corrected chi connectivity index (χ4v) is 3.71. The summed E-state index contributed by atoms with van der Waals surface area (Å²) < 4.78 is 0. The molecule has 4 rings (SSSR count). The molecule has 1 aliphatic rings. The minimum absolute atomic E-state index is 0.770. The summed E-state index contributed by atoms with van der Waals surface area (Å²) in [6.07, 6.45) is 2.67. The van der Waals surface area contributed by atoms with Crippen molar-refractivity contribution in [3.63, 3.8) is 0 Å². The summed E-state index contributed by atoms with van der Waals surface area (Å²) in [6.45, 7) is 2.17. The Labute approximate surface area is 145 Å². The molecule has 4 heteroatoms. The van der Waals surface area contributed by atoms with Crippen molar-refractivity contribution in [2.45, 2.75) is 30.6 Å². The summed E-state index contributed by atoms with van der Waals surface area (Å²) in [5.74, 6) is 0.770. The molecule has 0 unspecified atom stereocenters. The van der Waals surface area contributed by atoms with Gasteiger partial charge in [-0.25, -0.2) is 4.98 Å². The number of thiazole rings is 1. The molecule has 0 atom stereocenters. The number of aromatic nitrogens is 1. The van der Waals surface area contributed by atoms with E-state index in [1.54, 1.807) is 0 Å². The van der Waals surface area contributed by atoms with Crippen molar-refractivity contribution in [2.75, 3.05) is 0 Å². The number of hydrogen-bond acceptors (Lipinski definition) is 4. The van der Waals surface area contributed by atoms with Gasteiger partial charge in [0, 0.05) is 21.3 Å². The monoisotopic (exact) mass is 340 g/mol. The smallest absolute Gasteiger partial charge is 0.0966 e. The van der Waals surface area contributed by atoms with Crippen LogP contribution in [0.1, 0.15) is 28.6 Å². The van der Waals surface area contributed by atoms with Crippen LogP contribution in [0.5, 0.6) is 0 Å². The van der Waals surface area contributed by atoms with E-state index in [0.29, 0.717) is 0 Å². The van der Waals surface area contributed by atoms with E-state index in [4.69, 9.17) is 10.1 Å². The highest BCUT2D eigenvalue weighted by molar-refractivity contribution is 7.97. The fraction of sp³-hybridized carbons (Fsp3) is 0.211. The lowest BCUT2D eigenvalue weighted by Gasteiger charge is -1.96. The molecule has 2 aromatic carbocycles. The van der Waals surface area contributed by atoms with Gasteiger partial charge in [-0.3, -0.25) is 5.14 Å². The normalized spacial score (nSPS) is 13.3. The summed E-state index contributed by atoms with van der Waals surface area (Å²) in [5, 5.41) is 6.61. The van der Waals surface area contributed by atoms with Crippen molar-refractivity contribution in [1.82, 2.24) is 4.98 Å². The van der Waals surface area contributed by atoms with Gasteiger partial charge in [0.15, 0.2) is 0 Å². The van der Waals surface area contributed by atoms with Crippen molar-refractivity contribution in [2.24, 2.45) is 5.14 Å². The summed E-state index contributed by atoms with van der Waals surface area (Å²) in [6, 6.07) is 20.3. The first-order chi connectivity index (χ1) is 11.3. The first kappa shape index (κ1) is 16.2. The number of benzene rings is 2. The number of nitrogens with zero attached hydrogens (tertiary/aromatic N) is 1. The molecule has 118 valence electrons. The molecule has 1 aromatic heterocycles. The second kappa shape index (κ2) is 7.77. The standard InChI is InChI=1S/C13H13NS.C6H7NS/c1-9-12(10-5-3-2-4-6-10)14-13(15-9)11-7-8-11;7-8-6-4-2-1-3-5-6/h2-6,11H,7-8H2,1H3;1-5H,7H2. The molecule has 0 bridgehead atoms. The Balaban J connectivity index is 0.000000166. The molecule has 1 aliphatic carbocycles. The number of hydrogen-bond donors (Lipinski definition) is 1. The molecule has 2 N–H and O–H groups in total. The fourth-order valence-electron chi connectivity index (χ4n) is 2.28. The molecular formula is C19H20N2S2. The molecular weight excluding hydrogens is 320 g/mol. The minimum atomic E-state index is 0.770. The van der Waals surface area contributed by atoms with Crippen LogP contribution >= 0.6 is 23.3 Å². The van der Waals surface area contributed by atoms with Crippen LogP contribution in [0.2, 0.25) is 0 Å². The van der Waals surface area contributed by atoms with Gasteiger partial charge in [-0.1, -0.05) is 48.5 Å². The Morgan fingerprint density at radius 1 is 1.00 bits per heavy atom. The molecule has 0 radical (unpaired) electrons. The van der Waals surface area contributed by atoms with E-state index in [9.17, 15) is 0 Å². The first-order valence-corrected chi connectivity index (χ1v) is 9.42.